The van der Waals surface area contributed by atoms with Gasteiger partial charge in [0, 0.05) is 18.3 Å². The van der Waals surface area contributed by atoms with Crippen LogP contribution in [0.25, 0.3) is 0 Å². The Balaban J connectivity index is 2.64. The maximum absolute atomic E-state index is 11.7. The molecule has 3 nitrogen and oxygen atoms in total. The van der Waals surface area contributed by atoms with Crippen molar-refractivity contribution in [1.82, 2.24) is 5.32 Å². The second kappa shape index (κ2) is 5.82. The first-order valence-corrected chi connectivity index (χ1v) is 7.96. The fraction of sp³-hybridized carbons (Fsp3) is 0.833. The van der Waals surface area contributed by atoms with Crippen LogP contribution < -0.4 is 5.32 Å². The molecule has 4 heteroatoms. The van der Waals surface area contributed by atoms with Crippen LogP contribution in [0.1, 0.15) is 39.0 Å². The van der Waals surface area contributed by atoms with Crippen LogP contribution >= 0.6 is 0 Å². The summed E-state index contributed by atoms with van der Waals surface area (Å²) in [7, 11) is -2.92. The van der Waals surface area contributed by atoms with E-state index in [4.69, 9.17) is 0 Å². The molecule has 1 saturated carbocycles. The van der Waals surface area contributed by atoms with E-state index in [0.29, 0.717) is 6.04 Å². The Bertz CT molecular complexity index is 324. The van der Waals surface area contributed by atoms with E-state index in [9.17, 15) is 8.42 Å². The summed E-state index contributed by atoms with van der Waals surface area (Å²) in [5.41, 5.74) is 0. The lowest BCUT2D eigenvalue weighted by molar-refractivity contribution is 0.344. The van der Waals surface area contributed by atoms with E-state index in [0.717, 1.165) is 32.1 Å². The molecule has 0 radical (unpaired) electrons. The first-order chi connectivity index (χ1) is 7.45. The molecule has 0 heterocycles. The van der Waals surface area contributed by atoms with Crippen molar-refractivity contribution in [3.05, 3.63) is 12.7 Å². The Kier molecular flexibility index (Phi) is 4.99. The van der Waals surface area contributed by atoms with E-state index >= 15 is 0 Å². The third kappa shape index (κ3) is 3.91. The van der Waals surface area contributed by atoms with Crippen LogP contribution in [0.2, 0.25) is 0 Å². The smallest absolute Gasteiger partial charge is 0.151 e. The van der Waals surface area contributed by atoms with Gasteiger partial charge in [-0.25, -0.2) is 8.42 Å². The van der Waals surface area contributed by atoms with E-state index in [-0.39, 0.29) is 11.3 Å². The first kappa shape index (κ1) is 13.7. The minimum absolute atomic E-state index is 0.124. The summed E-state index contributed by atoms with van der Waals surface area (Å²) in [6, 6.07) is 0.434. The van der Waals surface area contributed by atoms with Gasteiger partial charge >= 0.3 is 0 Å². The monoisotopic (exact) mass is 245 g/mol. The van der Waals surface area contributed by atoms with Crippen molar-refractivity contribution in [3.63, 3.8) is 0 Å². The molecule has 3 atom stereocenters. The molecule has 0 saturated heterocycles. The first-order valence-electron chi connectivity index (χ1n) is 6.01. The van der Waals surface area contributed by atoms with Gasteiger partial charge in [0.1, 0.15) is 0 Å². The van der Waals surface area contributed by atoms with Gasteiger partial charge < -0.3 is 5.32 Å². The standard InChI is InChI=1S/C12H23NO2S/c1-4-7-10(2)13-11-8-5-6-9-12(11)16(3,14)15/h4,10-13H,1,5-9H2,2-3H3. The van der Waals surface area contributed by atoms with Gasteiger partial charge in [-0.05, 0) is 26.2 Å². The van der Waals surface area contributed by atoms with Gasteiger partial charge in [0.05, 0.1) is 5.25 Å². The molecule has 1 fully saturated rings. The maximum Gasteiger partial charge on any atom is 0.151 e. The fourth-order valence-electron chi connectivity index (χ4n) is 2.48. The molecule has 1 aliphatic rings. The molecule has 3 unspecified atom stereocenters. The average molecular weight is 245 g/mol. The molecule has 1 rings (SSSR count). The highest BCUT2D eigenvalue weighted by Gasteiger charge is 2.32. The fourth-order valence-corrected chi connectivity index (χ4v) is 3.89. The molecule has 0 spiro atoms. The molecule has 0 bridgehead atoms. The summed E-state index contributed by atoms with van der Waals surface area (Å²) < 4.78 is 23.4. The molecule has 1 N–H and O–H groups in total. The zero-order valence-electron chi connectivity index (χ0n) is 10.3. The largest absolute Gasteiger partial charge is 0.310 e. The number of nitrogens with one attached hydrogen (secondary N) is 1. The van der Waals surface area contributed by atoms with Crippen molar-refractivity contribution < 1.29 is 8.42 Å². The van der Waals surface area contributed by atoms with Gasteiger partial charge in [-0.1, -0.05) is 18.9 Å². The summed E-state index contributed by atoms with van der Waals surface area (Å²) in [6.07, 6.45) is 8.05. The van der Waals surface area contributed by atoms with E-state index in [2.05, 4.69) is 18.8 Å². The summed E-state index contributed by atoms with van der Waals surface area (Å²) in [4.78, 5) is 0. The SMILES string of the molecule is C=CCC(C)NC1CCCCC1S(C)(=O)=O. The summed E-state index contributed by atoms with van der Waals surface area (Å²) >= 11 is 0. The van der Waals surface area contributed by atoms with E-state index in [1.165, 1.54) is 6.26 Å². The Morgan fingerprint density at radius 1 is 1.44 bits per heavy atom. The van der Waals surface area contributed by atoms with Crippen molar-refractivity contribution in [2.45, 2.75) is 56.4 Å². The maximum atomic E-state index is 11.7. The second-order valence-corrected chi connectivity index (χ2v) is 7.12. The third-order valence-electron chi connectivity index (χ3n) is 3.27. The van der Waals surface area contributed by atoms with Crippen LogP contribution in [0.4, 0.5) is 0 Å². The van der Waals surface area contributed by atoms with Crippen molar-refractivity contribution >= 4 is 9.84 Å². The van der Waals surface area contributed by atoms with Crippen LogP contribution in [0.3, 0.4) is 0 Å². The molecular weight excluding hydrogens is 222 g/mol. The molecule has 0 aliphatic heterocycles. The van der Waals surface area contributed by atoms with Crippen LogP contribution in [-0.4, -0.2) is 32.0 Å². The van der Waals surface area contributed by atoms with Gasteiger partial charge in [0.15, 0.2) is 9.84 Å². The highest BCUT2D eigenvalue weighted by atomic mass is 32.2. The molecule has 0 aromatic heterocycles. The zero-order chi connectivity index (χ0) is 12.2. The van der Waals surface area contributed by atoms with Crippen LogP contribution in [-0.2, 0) is 9.84 Å². The summed E-state index contributed by atoms with van der Waals surface area (Å²) in [5.74, 6) is 0. The molecule has 94 valence electrons. The quantitative estimate of drug-likeness (QED) is 0.752. The number of rotatable bonds is 5. The lowest BCUT2D eigenvalue weighted by Gasteiger charge is -2.33. The zero-order valence-corrected chi connectivity index (χ0v) is 11.1. The van der Waals surface area contributed by atoms with Crippen molar-refractivity contribution in [3.8, 4) is 0 Å². The van der Waals surface area contributed by atoms with Gasteiger partial charge in [-0.2, -0.15) is 0 Å². The summed E-state index contributed by atoms with van der Waals surface area (Å²) in [6.45, 7) is 5.78. The molecule has 0 aromatic rings. The Hall–Kier alpha value is -0.350. The van der Waals surface area contributed by atoms with Gasteiger partial charge in [0.25, 0.3) is 0 Å². The lowest BCUT2D eigenvalue weighted by Crippen LogP contribution is -2.49. The lowest BCUT2D eigenvalue weighted by atomic mass is 9.94. The highest BCUT2D eigenvalue weighted by molar-refractivity contribution is 7.91. The number of hydrogen-bond donors (Lipinski definition) is 1. The Labute approximate surface area is 99.2 Å². The third-order valence-corrected chi connectivity index (χ3v) is 4.94. The van der Waals surface area contributed by atoms with Gasteiger partial charge in [-0.15, -0.1) is 6.58 Å². The predicted octanol–water partition coefficient (Wildman–Crippen LogP) is 1.90. The van der Waals surface area contributed by atoms with Crippen molar-refractivity contribution in [2.75, 3.05) is 6.26 Å². The second-order valence-electron chi connectivity index (χ2n) is 4.85. The molecule has 0 amide bonds. The van der Waals surface area contributed by atoms with Crippen molar-refractivity contribution in [2.24, 2.45) is 0 Å². The average Bonchev–Trinajstić information content (AvgIpc) is 2.17. The van der Waals surface area contributed by atoms with E-state index in [1.54, 1.807) is 0 Å². The summed E-state index contributed by atoms with van der Waals surface area (Å²) in [5, 5.41) is 3.23. The highest BCUT2D eigenvalue weighted by Crippen LogP contribution is 2.24. The minimum Gasteiger partial charge on any atom is -0.310 e. The molecule has 1 aliphatic carbocycles. The van der Waals surface area contributed by atoms with E-state index < -0.39 is 9.84 Å². The topological polar surface area (TPSA) is 46.2 Å². The van der Waals surface area contributed by atoms with E-state index in [1.807, 2.05) is 6.08 Å². The van der Waals surface area contributed by atoms with Crippen LogP contribution in [0.15, 0.2) is 12.7 Å². The number of hydrogen-bond acceptors (Lipinski definition) is 3. The normalized spacial score (nSPS) is 28.6. The van der Waals surface area contributed by atoms with Gasteiger partial charge in [0.2, 0.25) is 0 Å². The van der Waals surface area contributed by atoms with Crippen molar-refractivity contribution in [1.29, 1.82) is 0 Å². The van der Waals surface area contributed by atoms with Gasteiger partial charge in [-0.3, -0.25) is 0 Å². The predicted molar refractivity (Wildman–Crippen MR) is 68.3 cm³/mol. The Morgan fingerprint density at radius 3 is 2.62 bits per heavy atom. The molecule has 16 heavy (non-hydrogen) atoms. The Morgan fingerprint density at radius 2 is 2.06 bits per heavy atom. The number of sulfone groups is 1. The minimum atomic E-state index is -2.92. The molecular formula is C12H23NO2S. The van der Waals surface area contributed by atoms with Crippen LogP contribution in [0.5, 0.6) is 0 Å². The molecule has 0 aromatic carbocycles. The van der Waals surface area contributed by atoms with Crippen LogP contribution in [0, 0.1) is 0 Å².